The molecular formula is C17H18ClNO2. The monoisotopic (exact) mass is 303 g/mol. The molecule has 4 heteroatoms. The van der Waals surface area contributed by atoms with E-state index in [1.54, 1.807) is 24.3 Å². The first-order valence-corrected chi connectivity index (χ1v) is 7.22. The van der Waals surface area contributed by atoms with Crippen LogP contribution >= 0.6 is 11.6 Å². The molecule has 1 amide bonds. The van der Waals surface area contributed by atoms with E-state index in [9.17, 15) is 4.79 Å². The van der Waals surface area contributed by atoms with Crippen LogP contribution < -0.4 is 10.1 Å². The standard InChI is InChI=1S/C17H18ClNO2/c1-12(2)21-16-5-3-4-13(10-16)11-19-17(20)14-6-8-15(18)9-7-14/h3-10,12H,11H2,1-2H3,(H,19,20). The summed E-state index contributed by atoms with van der Waals surface area (Å²) in [6.07, 6.45) is 0.129. The first-order chi connectivity index (χ1) is 10.0. The van der Waals surface area contributed by atoms with Crippen LogP contribution in [0.5, 0.6) is 5.75 Å². The van der Waals surface area contributed by atoms with Crippen LogP contribution in [0.15, 0.2) is 48.5 Å². The van der Waals surface area contributed by atoms with Crippen LogP contribution in [0.2, 0.25) is 5.02 Å². The quantitative estimate of drug-likeness (QED) is 0.904. The Morgan fingerprint density at radius 3 is 2.57 bits per heavy atom. The van der Waals surface area contributed by atoms with Crippen LogP contribution in [0.25, 0.3) is 0 Å². The number of halogens is 1. The summed E-state index contributed by atoms with van der Waals surface area (Å²) in [5.41, 5.74) is 1.59. The molecule has 0 unspecified atom stereocenters. The van der Waals surface area contributed by atoms with E-state index in [1.165, 1.54) is 0 Å². The molecule has 21 heavy (non-hydrogen) atoms. The zero-order valence-electron chi connectivity index (χ0n) is 12.1. The molecule has 2 aromatic carbocycles. The fourth-order valence-electron chi connectivity index (χ4n) is 1.89. The number of carbonyl (C=O) groups is 1. The molecule has 0 atom stereocenters. The summed E-state index contributed by atoms with van der Waals surface area (Å²) in [5, 5.41) is 3.49. The predicted molar refractivity (Wildman–Crippen MR) is 84.8 cm³/mol. The first-order valence-electron chi connectivity index (χ1n) is 6.84. The molecule has 0 aliphatic heterocycles. The molecule has 110 valence electrons. The molecule has 1 N–H and O–H groups in total. The average Bonchev–Trinajstić information content (AvgIpc) is 2.45. The van der Waals surface area contributed by atoms with E-state index in [0.29, 0.717) is 17.1 Å². The molecule has 2 aromatic rings. The molecule has 0 aliphatic rings. The molecule has 0 heterocycles. The summed E-state index contributed by atoms with van der Waals surface area (Å²) in [6, 6.07) is 14.5. The van der Waals surface area contributed by atoms with Gasteiger partial charge in [0, 0.05) is 17.1 Å². The van der Waals surface area contributed by atoms with E-state index in [4.69, 9.17) is 16.3 Å². The first kappa shape index (κ1) is 15.4. The van der Waals surface area contributed by atoms with Gasteiger partial charge in [-0.05, 0) is 55.8 Å². The number of amides is 1. The van der Waals surface area contributed by atoms with Crippen molar-refractivity contribution in [3.63, 3.8) is 0 Å². The Bertz CT molecular complexity index is 608. The van der Waals surface area contributed by atoms with Gasteiger partial charge in [0.25, 0.3) is 5.91 Å². The third-order valence-electron chi connectivity index (χ3n) is 2.83. The molecule has 2 rings (SSSR count). The zero-order valence-corrected chi connectivity index (χ0v) is 12.9. The van der Waals surface area contributed by atoms with E-state index in [-0.39, 0.29) is 12.0 Å². The Balaban J connectivity index is 1.96. The van der Waals surface area contributed by atoms with Crippen molar-refractivity contribution in [3.05, 3.63) is 64.7 Å². The molecule has 0 fully saturated rings. The zero-order chi connectivity index (χ0) is 15.2. The van der Waals surface area contributed by atoms with Gasteiger partial charge >= 0.3 is 0 Å². The van der Waals surface area contributed by atoms with Gasteiger partial charge in [-0.3, -0.25) is 4.79 Å². The van der Waals surface area contributed by atoms with Gasteiger partial charge in [-0.25, -0.2) is 0 Å². The highest BCUT2D eigenvalue weighted by atomic mass is 35.5. The lowest BCUT2D eigenvalue weighted by molar-refractivity contribution is 0.0951. The highest BCUT2D eigenvalue weighted by Crippen LogP contribution is 2.15. The molecule has 0 aliphatic carbocycles. The van der Waals surface area contributed by atoms with Gasteiger partial charge in [-0.2, -0.15) is 0 Å². The molecule has 3 nitrogen and oxygen atoms in total. The summed E-state index contributed by atoms with van der Waals surface area (Å²) in [7, 11) is 0. The predicted octanol–water partition coefficient (Wildman–Crippen LogP) is 4.06. The molecular weight excluding hydrogens is 286 g/mol. The fourth-order valence-corrected chi connectivity index (χ4v) is 2.01. The Hall–Kier alpha value is -2.00. The third-order valence-corrected chi connectivity index (χ3v) is 3.08. The second-order valence-corrected chi connectivity index (χ2v) is 5.44. The smallest absolute Gasteiger partial charge is 0.251 e. The second-order valence-electron chi connectivity index (χ2n) is 5.00. The minimum Gasteiger partial charge on any atom is -0.491 e. The molecule has 0 saturated heterocycles. The van der Waals surface area contributed by atoms with Crippen molar-refractivity contribution < 1.29 is 9.53 Å². The van der Waals surface area contributed by atoms with Crippen molar-refractivity contribution in [3.8, 4) is 5.75 Å². The second kappa shape index (κ2) is 7.14. The van der Waals surface area contributed by atoms with E-state index >= 15 is 0 Å². The van der Waals surface area contributed by atoms with E-state index < -0.39 is 0 Å². The summed E-state index contributed by atoms with van der Waals surface area (Å²) in [6.45, 7) is 4.42. The van der Waals surface area contributed by atoms with Gasteiger partial charge in [0.2, 0.25) is 0 Å². The molecule has 0 radical (unpaired) electrons. The molecule has 0 spiro atoms. The molecule has 0 saturated carbocycles. The van der Waals surface area contributed by atoms with Crippen LogP contribution in [0.4, 0.5) is 0 Å². The van der Waals surface area contributed by atoms with E-state index in [2.05, 4.69) is 5.32 Å². The Labute approximate surface area is 129 Å². The maximum absolute atomic E-state index is 12.0. The highest BCUT2D eigenvalue weighted by molar-refractivity contribution is 6.30. The van der Waals surface area contributed by atoms with Crippen LogP contribution in [-0.4, -0.2) is 12.0 Å². The average molecular weight is 304 g/mol. The minimum atomic E-state index is -0.123. The maximum Gasteiger partial charge on any atom is 0.251 e. The Kier molecular flexibility index (Phi) is 5.23. The summed E-state index contributed by atoms with van der Waals surface area (Å²) < 4.78 is 5.63. The molecule has 0 bridgehead atoms. The van der Waals surface area contributed by atoms with Gasteiger partial charge in [0.1, 0.15) is 5.75 Å². The van der Waals surface area contributed by atoms with Crippen molar-refractivity contribution in [2.24, 2.45) is 0 Å². The van der Waals surface area contributed by atoms with Gasteiger partial charge in [-0.1, -0.05) is 23.7 Å². The normalized spacial score (nSPS) is 10.5. The van der Waals surface area contributed by atoms with Crippen molar-refractivity contribution in [2.45, 2.75) is 26.5 Å². The number of carbonyl (C=O) groups excluding carboxylic acids is 1. The summed E-state index contributed by atoms with van der Waals surface area (Å²) in [5.74, 6) is 0.685. The maximum atomic E-state index is 12.0. The van der Waals surface area contributed by atoms with Crippen molar-refractivity contribution in [2.75, 3.05) is 0 Å². The number of ether oxygens (including phenoxy) is 1. The summed E-state index contributed by atoms with van der Waals surface area (Å²) in [4.78, 5) is 12.0. The summed E-state index contributed by atoms with van der Waals surface area (Å²) >= 11 is 5.80. The number of hydrogen-bond acceptors (Lipinski definition) is 2. The molecule has 0 aromatic heterocycles. The number of benzene rings is 2. The SMILES string of the molecule is CC(C)Oc1cccc(CNC(=O)c2ccc(Cl)cc2)c1. The number of nitrogens with one attached hydrogen (secondary N) is 1. The Morgan fingerprint density at radius 1 is 1.19 bits per heavy atom. The lowest BCUT2D eigenvalue weighted by Gasteiger charge is -2.11. The fraction of sp³-hybridized carbons (Fsp3) is 0.235. The highest BCUT2D eigenvalue weighted by Gasteiger charge is 2.05. The van der Waals surface area contributed by atoms with Crippen molar-refractivity contribution >= 4 is 17.5 Å². The largest absolute Gasteiger partial charge is 0.491 e. The van der Waals surface area contributed by atoms with Gasteiger partial charge < -0.3 is 10.1 Å². The number of hydrogen-bond donors (Lipinski definition) is 1. The van der Waals surface area contributed by atoms with Crippen LogP contribution in [0, 0.1) is 0 Å². The van der Waals surface area contributed by atoms with Crippen LogP contribution in [-0.2, 0) is 6.54 Å². The lowest BCUT2D eigenvalue weighted by Crippen LogP contribution is -2.22. The number of rotatable bonds is 5. The van der Waals surface area contributed by atoms with E-state index in [1.807, 2.05) is 38.1 Å². The van der Waals surface area contributed by atoms with Crippen LogP contribution in [0.1, 0.15) is 29.8 Å². The van der Waals surface area contributed by atoms with Gasteiger partial charge in [0.15, 0.2) is 0 Å². The van der Waals surface area contributed by atoms with E-state index in [0.717, 1.165) is 11.3 Å². The van der Waals surface area contributed by atoms with Crippen molar-refractivity contribution in [1.82, 2.24) is 5.32 Å². The third kappa shape index (κ3) is 4.80. The minimum absolute atomic E-state index is 0.123. The Morgan fingerprint density at radius 2 is 1.90 bits per heavy atom. The van der Waals surface area contributed by atoms with Gasteiger partial charge in [0.05, 0.1) is 6.10 Å². The topological polar surface area (TPSA) is 38.3 Å². The van der Waals surface area contributed by atoms with Crippen molar-refractivity contribution in [1.29, 1.82) is 0 Å². The van der Waals surface area contributed by atoms with Gasteiger partial charge in [-0.15, -0.1) is 0 Å². The van der Waals surface area contributed by atoms with Crippen LogP contribution in [0.3, 0.4) is 0 Å². The lowest BCUT2D eigenvalue weighted by atomic mass is 10.2.